The van der Waals surface area contributed by atoms with Crippen molar-refractivity contribution in [3.05, 3.63) is 34.3 Å². The van der Waals surface area contributed by atoms with Crippen LogP contribution in [0.4, 0.5) is 0 Å². The van der Waals surface area contributed by atoms with Gasteiger partial charge >= 0.3 is 0 Å². The number of pyridine rings is 1. The molecule has 0 fully saturated rings. The number of fused-ring (bicyclic) bond motifs is 1. The number of carbonyl (C=O) groups excluding carboxylic acids is 1. The highest BCUT2D eigenvalue weighted by Gasteiger charge is 2.09. The molecule has 0 radical (unpaired) electrons. The van der Waals surface area contributed by atoms with Gasteiger partial charge in [-0.1, -0.05) is 0 Å². The molecule has 0 saturated carbocycles. The van der Waals surface area contributed by atoms with Gasteiger partial charge in [0, 0.05) is 43.8 Å². The summed E-state index contributed by atoms with van der Waals surface area (Å²) in [5.74, 6) is -0.181. The number of methoxy groups -OCH3 is 1. The molecule has 0 aliphatic rings. The highest BCUT2D eigenvalue weighted by Crippen LogP contribution is 2.15. The molecule has 2 aromatic rings. The quantitative estimate of drug-likeness (QED) is 0.817. The fourth-order valence-electron chi connectivity index (χ4n) is 2.17. The van der Waals surface area contributed by atoms with Gasteiger partial charge in [-0.05, 0) is 26.0 Å². The summed E-state index contributed by atoms with van der Waals surface area (Å²) >= 11 is 0. The molecule has 2 heterocycles. The van der Waals surface area contributed by atoms with Crippen molar-refractivity contribution in [2.45, 2.75) is 19.9 Å². The van der Waals surface area contributed by atoms with Crippen LogP contribution in [0, 0.1) is 0 Å². The zero-order chi connectivity index (χ0) is 17.0. The summed E-state index contributed by atoms with van der Waals surface area (Å²) in [5, 5.41) is 5.10. The molecule has 7 nitrogen and oxygen atoms in total. The first-order valence-corrected chi connectivity index (χ1v) is 7.46. The molecule has 124 valence electrons. The molecule has 23 heavy (non-hydrogen) atoms. The Morgan fingerprint density at radius 3 is 2.91 bits per heavy atom. The molecule has 0 saturated heterocycles. The van der Waals surface area contributed by atoms with Gasteiger partial charge in [-0.3, -0.25) is 9.59 Å². The predicted molar refractivity (Wildman–Crippen MR) is 89.3 cm³/mol. The number of hydrogen-bond acceptors (Lipinski definition) is 4. The molecule has 2 aromatic heterocycles. The zero-order valence-corrected chi connectivity index (χ0v) is 13.9. The number of likely N-dealkylation sites (N-methyl/N-ethyl adjacent to an activating group) is 1. The largest absolute Gasteiger partial charge is 0.383 e. The van der Waals surface area contributed by atoms with E-state index in [1.807, 2.05) is 13.8 Å². The number of hydrogen-bond donors (Lipinski definition) is 1. The maximum Gasteiger partial charge on any atom is 0.256 e. The molecule has 2 rings (SSSR count). The average molecular weight is 318 g/mol. The Labute approximate surface area is 134 Å². The number of amides is 1. The summed E-state index contributed by atoms with van der Waals surface area (Å²) in [7, 11) is 3.27. The van der Waals surface area contributed by atoms with Crippen LogP contribution in [0.5, 0.6) is 0 Å². The van der Waals surface area contributed by atoms with Gasteiger partial charge < -0.3 is 14.6 Å². The van der Waals surface area contributed by atoms with Gasteiger partial charge in [0.25, 0.3) is 5.56 Å². The van der Waals surface area contributed by atoms with Crippen LogP contribution in [-0.4, -0.2) is 52.9 Å². The first-order chi connectivity index (χ1) is 10.9. The van der Waals surface area contributed by atoms with Gasteiger partial charge in [0.15, 0.2) is 0 Å². The van der Waals surface area contributed by atoms with Gasteiger partial charge in [-0.15, -0.1) is 0 Å². The first kappa shape index (κ1) is 17.0. The normalized spacial score (nSPS) is 11.7. The molecular formula is C16H22N4O3. The highest BCUT2D eigenvalue weighted by molar-refractivity contribution is 5.92. The second kappa shape index (κ2) is 7.23. The lowest BCUT2D eigenvalue weighted by Crippen LogP contribution is -2.28. The second-order valence-corrected chi connectivity index (χ2v) is 5.63. The van der Waals surface area contributed by atoms with E-state index in [9.17, 15) is 9.59 Å². The van der Waals surface area contributed by atoms with E-state index in [1.165, 1.54) is 17.1 Å². The van der Waals surface area contributed by atoms with Gasteiger partial charge in [0.2, 0.25) is 5.91 Å². The SMILES string of the molecule is COCCN(C)C(=O)C=Cc1cc2cnn(C(C)C)c2[nH]c1=O. The third-order valence-electron chi connectivity index (χ3n) is 3.53. The molecule has 0 aliphatic carbocycles. The van der Waals surface area contributed by atoms with E-state index < -0.39 is 0 Å². The summed E-state index contributed by atoms with van der Waals surface area (Å²) in [6, 6.07) is 1.89. The van der Waals surface area contributed by atoms with Crippen LogP contribution in [0.2, 0.25) is 0 Å². The molecule has 0 atom stereocenters. The summed E-state index contributed by atoms with van der Waals surface area (Å²) in [6.07, 6.45) is 4.62. The number of nitrogens with zero attached hydrogens (tertiary/aromatic N) is 3. The van der Waals surface area contributed by atoms with Crippen LogP contribution in [0.25, 0.3) is 17.1 Å². The van der Waals surface area contributed by atoms with Crippen LogP contribution in [-0.2, 0) is 9.53 Å². The molecule has 0 unspecified atom stereocenters. The van der Waals surface area contributed by atoms with Crippen LogP contribution in [0.15, 0.2) is 23.1 Å². The lowest BCUT2D eigenvalue weighted by Gasteiger charge is -2.13. The first-order valence-electron chi connectivity index (χ1n) is 7.46. The van der Waals surface area contributed by atoms with Crippen molar-refractivity contribution in [2.75, 3.05) is 27.3 Å². The number of aromatic amines is 1. The summed E-state index contributed by atoms with van der Waals surface area (Å²) in [6.45, 7) is 4.95. The summed E-state index contributed by atoms with van der Waals surface area (Å²) in [4.78, 5) is 28.5. The maximum absolute atomic E-state index is 12.2. The van der Waals surface area contributed by atoms with Crippen LogP contribution in [0.3, 0.4) is 0 Å². The molecular weight excluding hydrogens is 296 g/mol. The summed E-state index contributed by atoms with van der Waals surface area (Å²) < 4.78 is 6.69. The Morgan fingerprint density at radius 1 is 1.52 bits per heavy atom. The van der Waals surface area contributed by atoms with Crippen molar-refractivity contribution in [1.82, 2.24) is 19.7 Å². The van der Waals surface area contributed by atoms with Crippen LogP contribution >= 0.6 is 0 Å². The van der Waals surface area contributed by atoms with Gasteiger partial charge in [0.05, 0.1) is 12.8 Å². The number of rotatable bonds is 6. The van der Waals surface area contributed by atoms with Crippen molar-refractivity contribution in [2.24, 2.45) is 0 Å². The van der Waals surface area contributed by atoms with E-state index in [-0.39, 0.29) is 17.5 Å². The molecule has 1 N–H and O–H groups in total. The molecule has 0 spiro atoms. The van der Waals surface area contributed by atoms with Crippen molar-refractivity contribution in [1.29, 1.82) is 0 Å². The topological polar surface area (TPSA) is 80.2 Å². The van der Waals surface area contributed by atoms with Gasteiger partial charge in [-0.2, -0.15) is 5.10 Å². The average Bonchev–Trinajstić information content (AvgIpc) is 2.92. The van der Waals surface area contributed by atoms with Crippen molar-refractivity contribution < 1.29 is 9.53 Å². The third-order valence-corrected chi connectivity index (χ3v) is 3.53. The Bertz CT molecular complexity index is 773. The van der Waals surface area contributed by atoms with Gasteiger partial charge in [0.1, 0.15) is 5.65 Å². The minimum atomic E-state index is -0.247. The number of carbonyl (C=O) groups is 1. The Morgan fingerprint density at radius 2 is 2.26 bits per heavy atom. The standard InChI is InChI=1S/C16H22N4O3/c1-11(2)20-15-13(10-17-20)9-12(16(22)18-15)5-6-14(21)19(3)7-8-23-4/h5-6,9-11H,7-8H2,1-4H3,(H,18,22). The molecule has 0 bridgehead atoms. The monoisotopic (exact) mass is 318 g/mol. The molecule has 0 aromatic carbocycles. The lowest BCUT2D eigenvalue weighted by atomic mass is 10.2. The van der Waals surface area contributed by atoms with E-state index in [0.29, 0.717) is 24.4 Å². The minimum absolute atomic E-state index is 0.153. The smallest absolute Gasteiger partial charge is 0.256 e. The van der Waals surface area contributed by atoms with Crippen molar-refractivity contribution >= 4 is 23.0 Å². The third kappa shape index (κ3) is 3.87. The fraction of sp³-hybridized carbons (Fsp3) is 0.438. The maximum atomic E-state index is 12.2. The Kier molecular flexibility index (Phi) is 5.33. The number of H-pyrrole nitrogens is 1. The van der Waals surface area contributed by atoms with Crippen molar-refractivity contribution in [3.63, 3.8) is 0 Å². The molecule has 1 amide bonds. The van der Waals surface area contributed by atoms with E-state index in [2.05, 4.69) is 10.1 Å². The van der Waals surface area contributed by atoms with Crippen LogP contribution < -0.4 is 5.56 Å². The van der Waals surface area contributed by atoms with Crippen molar-refractivity contribution in [3.8, 4) is 0 Å². The highest BCUT2D eigenvalue weighted by atomic mass is 16.5. The number of nitrogens with one attached hydrogen (secondary N) is 1. The second-order valence-electron chi connectivity index (χ2n) is 5.63. The predicted octanol–water partition coefficient (Wildman–Crippen LogP) is 1.42. The van der Waals surface area contributed by atoms with E-state index in [4.69, 9.17) is 4.74 Å². The number of aromatic nitrogens is 3. The van der Waals surface area contributed by atoms with Crippen LogP contribution in [0.1, 0.15) is 25.5 Å². The summed E-state index contributed by atoms with van der Waals surface area (Å²) in [5.41, 5.74) is 0.864. The Hall–Kier alpha value is -2.41. The molecule has 7 heteroatoms. The lowest BCUT2D eigenvalue weighted by molar-refractivity contribution is -0.125. The van der Waals surface area contributed by atoms with E-state index in [1.54, 1.807) is 31.1 Å². The molecule has 0 aliphatic heterocycles. The van der Waals surface area contributed by atoms with Gasteiger partial charge in [-0.25, -0.2) is 4.68 Å². The zero-order valence-electron chi connectivity index (χ0n) is 13.9. The van der Waals surface area contributed by atoms with E-state index in [0.717, 1.165) is 5.39 Å². The van der Waals surface area contributed by atoms with E-state index >= 15 is 0 Å². The Balaban J connectivity index is 2.24. The number of ether oxygens (including phenoxy) is 1. The fourth-order valence-corrected chi connectivity index (χ4v) is 2.17. The minimum Gasteiger partial charge on any atom is -0.383 e.